The Balaban J connectivity index is 0.000000172. The van der Waals surface area contributed by atoms with Crippen LogP contribution in [0.3, 0.4) is 0 Å². The molecule has 1 aliphatic heterocycles. The topological polar surface area (TPSA) is 35.0 Å². The molecule has 0 saturated heterocycles. The van der Waals surface area contributed by atoms with Gasteiger partial charge >= 0.3 is 0 Å². The van der Waals surface area contributed by atoms with Crippen molar-refractivity contribution in [2.45, 2.75) is 6.61 Å². The summed E-state index contributed by atoms with van der Waals surface area (Å²) in [5.41, 5.74) is 7.97. The zero-order chi connectivity index (χ0) is 24.2. The molecule has 2 aromatic heterocycles. The number of benzene rings is 4. The molecule has 4 aromatic carbocycles. The number of pyridine rings is 2. The van der Waals surface area contributed by atoms with Crippen LogP contribution in [0.1, 0.15) is 5.56 Å². The number of fused-ring (bicyclic) bond motifs is 4. The average Bonchev–Trinajstić information content (AvgIpc) is 2.98. The number of rotatable bonds is 2. The molecule has 3 nitrogen and oxygen atoms in total. The van der Waals surface area contributed by atoms with E-state index in [1.54, 1.807) is 6.20 Å². The predicted molar refractivity (Wildman–Crippen MR) is 142 cm³/mol. The largest absolute Gasteiger partial charge is 0.505 e. The van der Waals surface area contributed by atoms with E-state index in [2.05, 4.69) is 46.4 Å². The van der Waals surface area contributed by atoms with Gasteiger partial charge in [0.15, 0.2) is 0 Å². The van der Waals surface area contributed by atoms with Crippen LogP contribution in [0.2, 0.25) is 0 Å². The maximum Gasteiger partial charge on any atom is 0.140 e. The third-order valence-electron chi connectivity index (χ3n) is 5.98. The van der Waals surface area contributed by atoms with E-state index in [-0.39, 0.29) is 52.8 Å². The van der Waals surface area contributed by atoms with E-state index in [0.29, 0.717) is 6.61 Å². The molecule has 1 aliphatic rings. The van der Waals surface area contributed by atoms with Crippen molar-refractivity contribution in [3.63, 3.8) is 0 Å². The third kappa shape index (κ3) is 6.00. The van der Waals surface area contributed by atoms with Gasteiger partial charge in [-0.25, -0.2) is 17.7 Å². The molecule has 0 amide bonds. The molecule has 184 valence electrons. The molecule has 0 bridgehead atoms. The van der Waals surface area contributed by atoms with E-state index >= 15 is 0 Å². The minimum atomic E-state index is 0. The van der Waals surface area contributed by atoms with Crippen molar-refractivity contribution in [3.8, 4) is 39.4 Å². The molecular formula is C33H20IrN2OY-4. The second-order valence-corrected chi connectivity index (χ2v) is 8.24. The Morgan fingerprint density at radius 1 is 0.684 bits per heavy atom. The Morgan fingerprint density at radius 2 is 1.42 bits per heavy atom. The molecule has 6 aromatic rings. The van der Waals surface area contributed by atoms with Gasteiger partial charge in [-0.05, 0) is 29.3 Å². The minimum Gasteiger partial charge on any atom is -0.505 e. The standard InChI is InChI=1S/C18H10NO.C15H10N.Ir.Y/c1-2-6-13(7-3-1)14-8-4-9-15-16(14)12-20-17-10-5-11-19-18(15)17;1-2-6-12(7-3-1)15-11-10-13-8-4-5-9-14(13)16-15;;/h1-6,10-11H,12H2;1-6,8-11H;;/q-3;-1;;. The Labute approximate surface area is 261 Å². The maximum atomic E-state index is 5.80. The average molecular weight is 742 g/mol. The summed E-state index contributed by atoms with van der Waals surface area (Å²) in [4.78, 5) is 9.03. The molecule has 5 heteroatoms. The van der Waals surface area contributed by atoms with Crippen LogP contribution in [0.15, 0.2) is 109 Å². The molecule has 0 N–H and O–H groups in total. The Kier molecular flexibility index (Phi) is 9.71. The molecule has 3 heterocycles. The van der Waals surface area contributed by atoms with Gasteiger partial charge in [-0.15, -0.1) is 42.0 Å². The number of ether oxygens (including phenoxy) is 1. The smallest absolute Gasteiger partial charge is 0.140 e. The van der Waals surface area contributed by atoms with Crippen LogP contribution in [-0.2, 0) is 59.4 Å². The minimum absolute atomic E-state index is 0. The fourth-order valence-corrected chi connectivity index (χ4v) is 4.24. The summed E-state index contributed by atoms with van der Waals surface area (Å²) in [7, 11) is 0. The Bertz CT molecular complexity index is 1630. The Morgan fingerprint density at radius 3 is 2.21 bits per heavy atom. The molecule has 0 aliphatic carbocycles. The monoisotopic (exact) mass is 742 g/mol. The number of para-hydroxylation sites is 1. The molecule has 38 heavy (non-hydrogen) atoms. The number of hydrogen-bond acceptors (Lipinski definition) is 3. The van der Waals surface area contributed by atoms with Gasteiger partial charge in [0.05, 0.1) is 11.2 Å². The normalized spacial score (nSPS) is 10.8. The van der Waals surface area contributed by atoms with Gasteiger partial charge in [0.1, 0.15) is 5.75 Å². The third-order valence-corrected chi connectivity index (χ3v) is 5.98. The van der Waals surface area contributed by atoms with Crippen LogP contribution in [0.5, 0.6) is 5.75 Å². The maximum absolute atomic E-state index is 5.80. The second-order valence-electron chi connectivity index (χ2n) is 8.24. The van der Waals surface area contributed by atoms with Crippen molar-refractivity contribution in [1.82, 2.24) is 9.97 Å². The molecule has 0 fully saturated rings. The fourth-order valence-electron chi connectivity index (χ4n) is 4.24. The van der Waals surface area contributed by atoms with Crippen molar-refractivity contribution in [3.05, 3.63) is 139 Å². The summed E-state index contributed by atoms with van der Waals surface area (Å²) in [5.74, 6) is 0.811. The van der Waals surface area contributed by atoms with Crippen molar-refractivity contribution >= 4 is 10.9 Å². The molecule has 0 spiro atoms. The summed E-state index contributed by atoms with van der Waals surface area (Å²) in [6.07, 6.45) is 1.77. The first kappa shape index (κ1) is 28.0. The van der Waals surface area contributed by atoms with Crippen molar-refractivity contribution in [2.24, 2.45) is 0 Å². The van der Waals surface area contributed by atoms with Crippen molar-refractivity contribution < 1.29 is 57.6 Å². The van der Waals surface area contributed by atoms with Crippen LogP contribution in [0.4, 0.5) is 0 Å². The first-order chi connectivity index (χ1) is 17.9. The summed E-state index contributed by atoms with van der Waals surface area (Å²) in [6.45, 7) is 0.514. The van der Waals surface area contributed by atoms with Crippen molar-refractivity contribution in [2.75, 3.05) is 0 Å². The first-order valence-corrected chi connectivity index (χ1v) is 11.7. The molecule has 0 saturated carbocycles. The van der Waals surface area contributed by atoms with E-state index in [9.17, 15) is 0 Å². The van der Waals surface area contributed by atoms with Gasteiger partial charge in [0.25, 0.3) is 0 Å². The van der Waals surface area contributed by atoms with Gasteiger partial charge in [0.2, 0.25) is 0 Å². The zero-order valence-corrected chi connectivity index (χ0v) is 25.5. The molecule has 0 atom stereocenters. The number of nitrogens with zero attached hydrogens (tertiary/aromatic N) is 2. The van der Waals surface area contributed by atoms with E-state index in [1.807, 2.05) is 91.0 Å². The Hall–Kier alpha value is -3.01. The summed E-state index contributed by atoms with van der Waals surface area (Å²) >= 11 is 0. The quantitative estimate of drug-likeness (QED) is 0.174. The zero-order valence-electron chi connectivity index (χ0n) is 20.3. The van der Waals surface area contributed by atoms with Crippen LogP contribution < -0.4 is 4.74 Å². The second kappa shape index (κ2) is 13.2. The van der Waals surface area contributed by atoms with Crippen molar-refractivity contribution in [1.29, 1.82) is 0 Å². The van der Waals surface area contributed by atoms with Crippen LogP contribution in [0.25, 0.3) is 44.5 Å². The van der Waals surface area contributed by atoms with Gasteiger partial charge in [-0.1, -0.05) is 30.3 Å². The summed E-state index contributed by atoms with van der Waals surface area (Å²) in [6, 6.07) is 46.6. The summed E-state index contributed by atoms with van der Waals surface area (Å²) in [5, 5.41) is 1.17. The van der Waals surface area contributed by atoms with Gasteiger partial charge in [0, 0.05) is 65.6 Å². The molecule has 7 rings (SSSR count). The molecule has 2 radical (unpaired) electrons. The van der Waals surface area contributed by atoms with Gasteiger partial charge < -0.3 is 21.9 Å². The predicted octanol–water partition coefficient (Wildman–Crippen LogP) is 7.41. The SMILES string of the molecule is [Ir].[Y].[c-]1ccccc1-c1[c-]c[c-]c2c1COc1cccnc1-2.[c-]1ccccc1-c1ccc2ccccc2n1. The number of hydrogen-bond donors (Lipinski definition) is 0. The van der Waals surface area contributed by atoms with Gasteiger partial charge in [-0.3, -0.25) is 22.1 Å². The van der Waals surface area contributed by atoms with Crippen LogP contribution in [-0.4, -0.2) is 9.97 Å². The molecule has 0 unspecified atom stereocenters. The van der Waals surface area contributed by atoms with E-state index in [0.717, 1.165) is 50.5 Å². The van der Waals surface area contributed by atoms with E-state index in [4.69, 9.17) is 4.74 Å². The molecular weight excluding hydrogens is 721 g/mol. The van der Waals surface area contributed by atoms with Gasteiger partial charge in [-0.2, -0.15) is 17.7 Å². The summed E-state index contributed by atoms with van der Waals surface area (Å²) < 4.78 is 5.80. The van der Waals surface area contributed by atoms with Crippen LogP contribution in [0, 0.1) is 24.3 Å². The number of aromatic nitrogens is 2. The fraction of sp³-hybridized carbons (Fsp3) is 0.0303. The van der Waals surface area contributed by atoms with E-state index in [1.165, 1.54) is 5.39 Å². The first-order valence-electron chi connectivity index (χ1n) is 11.7. The van der Waals surface area contributed by atoms with Crippen LogP contribution >= 0.6 is 0 Å². The van der Waals surface area contributed by atoms with E-state index < -0.39 is 0 Å².